The van der Waals surface area contributed by atoms with Crippen LogP contribution in [0.5, 0.6) is 0 Å². The van der Waals surface area contributed by atoms with Crippen molar-refractivity contribution in [3.63, 3.8) is 0 Å². The molecule has 2 aromatic carbocycles. The molecule has 8 atom stereocenters. The Morgan fingerprint density at radius 3 is 1.23 bits per heavy atom. The number of unbranched alkanes of at least 4 members (excludes halogenated alkanes) is 2. The Bertz CT molecular complexity index is 2740. The fraction of sp³-hybridized carbons (Fsp3) is 0.569. The van der Waals surface area contributed by atoms with Gasteiger partial charge in [0.2, 0.25) is 47.3 Å². The third-order valence-electron chi connectivity index (χ3n) is 14.0. The SMILES string of the molecule is CC(C)C[C@H](NC(=O)[C@H](CCCCN)NC(=O)[C@H](CCCNC(=N)N)NC(=O)[C@H](CC(C)C)NC(=O)[C@H](CC(C)C)NC(=O)[C@H](CCCCN)NC(=O)[C@H](Cc1c[nH]c2ccccc12)NC(=O)[C@@H](N)Cc1c[nH]c2ccccc12)C(N)=O. The number of para-hydroxylation sites is 2. The summed E-state index contributed by atoms with van der Waals surface area (Å²) in [4.78, 5) is 119. The van der Waals surface area contributed by atoms with Crippen molar-refractivity contribution in [3.8, 4) is 0 Å². The van der Waals surface area contributed by atoms with Crippen molar-refractivity contribution < 1.29 is 38.4 Å². The number of amides is 8. The van der Waals surface area contributed by atoms with Gasteiger partial charge in [-0.2, -0.15) is 0 Å². The highest BCUT2D eigenvalue weighted by molar-refractivity contribution is 5.98. The molecule has 0 aliphatic rings. The standard InChI is InChI=1S/C58H92N16O8/c1-33(2)26-46(50(62)75)71-53(78)43(20-11-13-23-59)68-52(77)45(22-15-25-65-58(63)64)70-55(80)47(27-34(3)4)74-56(81)48(28-35(5)6)73-54(79)44(21-12-14-24-60)69-57(82)49(30-37-32-67-42-19-10-8-17-39(37)42)72-51(76)40(61)29-36-31-66-41-18-9-7-16-38(36)41/h7-10,16-19,31-35,40,43-49,66-67H,11-15,20-30,59-61H2,1-6H3,(H2,62,75)(H,68,77)(H,69,82)(H,70,80)(H,71,78)(H,72,76)(H,73,79)(H,74,81)(H4,63,64,65)/t40-,43-,44-,45-,46-,47-,48-,49-/m0/s1. The monoisotopic (exact) mass is 1140 g/mol. The van der Waals surface area contributed by atoms with Crippen molar-refractivity contribution in [3.05, 3.63) is 72.1 Å². The van der Waals surface area contributed by atoms with Crippen LogP contribution >= 0.6 is 0 Å². The van der Waals surface area contributed by atoms with E-state index in [0.29, 0.717) is 38.8 Å². The fourth-order valence-corrected chi connectivity index (χ4v) is 9.72. The minimum Gasteiger partial charge on any atom is -0.370 e. The number of carbonyl (C=O) groups is 8. The first-order valence-corrected chi connectivity index (χ1v) is 28.8. The number of nitrogens with one attached hydrogen (secondary N) is 11. The van der Waals surface area contributed by atoms with Crippen LogP contribution in [-0.4, -0.2) is 131 Å². The van der Waals surface area contributed by atoms with E-state index in [0.717, 1.165) is 32.9 Å². The molecule has 0 radical (unpaired) electrons. The van der Waals surface area contributed by atoms with Crippen LogP contribution in [0.4, 0.5) is 0 Å². The lowest BCUT2D eigenvalue weighted by Gasteiger charge is -2.29. The van der Waals surface area contributed by atoms with Crippen LogP contribution in [0, 0.1) is 23.2 Å². The number of benzene rings is 2. The lowest BCUT2D eigenvalue weighted by atomic mass is 9.98. The van der Waals surface area contributed by atoms with Crippen molar-refractivity contribution in [2.24, 2.45) is 46.4 Å². The van der Waals surface area contributed by atoms with Gasteiger partial charge in [0.25, 0.3) is 0 Å². The molecule has 24 nitrogen and oxygen atoms in total. The number of rotatable bonds is 37. The second kappa shape index (κ2) is 34.0. The molecule has 0 aliphatic carbocycles. The van der Waals surface area contributed by atoms with Crippen LogP contribution in [0.2, 0.25) is 0 Å². The minimum atomic E-state index is -1.26. The van der Waals surface area contributed by atoms with Gasteiger partial charge in [-0.1, -0.05) is 77.9 Å². The topological polar surface area (TPSA) is 418 Å². The number of carbonyl (C=O) groups excluding carboxylic acids is 8. The van der Waals surface area contributed by atoms with E-state index in [9.17, 15) is 38.4 Å². The maximum absolute atomic E-state index is 14.6. The van der Waals surface area contributed by atoms with E-state index < -0.39 is 95.6 Å². The summed E-state index contributed by atoms with van der Waals surface area (Å²) in [6, 6.07) is 5.89. The third-order valence-corrected chi connectivity index (χ3v) is 14.0. The predicted octanol–water partition coefficient (Wildman–Crippen LogP) is 1.30. The number of hydrogen-bond donors (Lipinski definition) is 16. The van der Waals surface area contributed by atoms with Crippen LogP contribution in [0.25, 0.3) is 21.8 Å². The molecular formula is C58H92N16O8. The summed E-state index contributed by atoms with van der Waals surface area (Å²) in [7, 11) is 0. The van der Waals surface area contributed by atoms with Gasteiger partial charge in [0, 0.05) is 47.2 Å². The zero-order valence-corrected chi connectivity index (χ0v) is 48.6. The Morgan fingerprint density at radius 2 is 0.817 bits per heavy atom. The van der Waals surface area contributed by atoms with Crippen LogP contribution in [0.15, 0.2) is 60.9 Å². The number of nitrogens with two attached hydrogens (primary N) is 5. The van der Waals surface area contributed by atoms with Gasteiger partial charge in [-0.25, -0.2) is 0 Å². The van der Waals surface area contributed by atoms with Gasteiger partial charge in [-0.3, -0.25) is 43.8 Å². The molecule has 8 amide bonds. The Labute approximate surface area is 481 Å². The summed E-state index contributed by atoms with van der Waals surface area (Å²) in [5.41, 5.74) is 32.6. The summed E-state index contributed by atoms with van der Waals surface area (Å²) < 4.78 is 0. The molecule has 4 rings (SSSR count). The first kappa shape index (κ1) is 66.9. The van der Waals surface area contributed by atoms with Crippen molar-refractivity contribution in [2.45, 2.75) is 173 Å². The largest absolute Gasteiger partial charge is 0.370 e. The molecule has 2 heterocycles. The second-order valence-electron chi connectivity index (χ2n) is 22.5. The molecule has 452 valence electrons. The lowest BCUT2D eigenvalue weighted by molar-refractivity contribution is -0.136. The third kappa shape index (κ3) is 22.1. The molecule has 82 heavy (non-hydrogen) atoms. The van der Waals surface area contributed by atoms with Crippen LogP contribution in [-0.2, 0) is 51.2 Å². The van der Waals surface area contributed by atoms with Crippen molar-refractivity contribution >= 4 is 75.0 Å². The first-order valence-electron chi connectivity index (χ1n) is 28.8. The molecule has 0 spiro atoms. The maximum atomic E-state index is 14.6. The Balaban J connectivity index is 1.59. The van der Waals surface area contributed by atoms with Crippen LogP contribution in [0.3, 0.4) is 0 Å². The van der Waals surface area contributed by atoms with Gasteiger partial charge >= 0.3 is 0 Å². The van der Waals surface area contributed by atoms with E-state index in [4.69, 9.17) is 34.1 Å². The number of aromatic nitrogens is 2. The predicted molar refractivity (Wildman–Crippen MR) is 318 cm³/mol. The zero-order chi connectivity index (χ0) is 60.5. The highest BCUT2D eigenvalue weighted by Gasteiger charge is 2.35. The second-order valence-corrected chi connectivity index (χ2v) is 22.5. The minimum absolute atomic E-state index is 0.00938. The first-order chi connectivity index (χ1) is 39.0. The van der Waals surface area contributed by atoms with E-state index in [1.165, 1.54) is 0 Å². The molecule has 0 bridgehead atoms. The van der Waals surface area contributed by atoms with E-state index in [2.05, 4.69) is 52.5 Å². The Hall–Kier alpha value is -7.57. The molecule has 2 aromatic heterocycles. The van der Waals surface area contributed by atoms with E-state index in [-0.39, 0.29) is 88.0 Å². The van der Waals surface area contributed by atoms with Crippen LogP contribution < -0.4 is 71.2 Å². The zero-order valence-electron chi connectivity index (χ0n) is 48.6. The number of primary amides is 1. The molecule has 0 aliphatic heterocycles. The molecule has 4 aromatic rings. The summed E-state index contributed by atoms with van der Waals surface area (Å²) in [6.45, 7) is 12.0. The summed E-state index contributed by atoms with van der Waals surface area (Å²) in [5.74, 6) is -6.05. The van der Waals surface area contributed by atoms with Gasteiger partial charge in [-0.05, 0) is 131 Å². The van der Waals surface area contributed by atoms with Gasteiger partial charge in [0.15, 0.2) is 5.96 Å². The van der Waals surface area contributed by atoms with Gasteiger partial charge < -0.3 is 81.2 Å². The van der Waals surface area contributed by atoms with Gasteiger partial charge in [-0.15, -0.1) is 0 Å². The van der Waals surface area contributed by atoms with Gasteiger partial charge in [0.1, 0.15) is 42.3 Å². The molecule has 0 unspecified atom stereocenters. The summed E-state index contributed by atoms with van der Waals surface area (Å²) in [5, 5.41) is 31.7. The average molecular weight is 1140 g/mol. The summed E-state index contributed by atoms with van der Waals surface area (Å²) in [6.07, 6.45) is 6.74. The molecule has 0 saturated carbocycles. The fourth-order valence-electron chi connectivity index (χ4n) is 9.72. The molecule has 0 fully saturated rings. The van der Waals surface area contributed by atoms with Crippen molar-refractivity contribution in [2.75, 3.05) is 19.6 Å². The normalized spacial score (nSPS) is 14.4. The molecule has 21 N–H and O–H groups in total. The lowest BCUT2D eigenvalue weighted by Crippen LogP contribution is -2.60. The number of fused-ring (bicyclic) bond motifs is 2. The Kier molecular flexibility index (Phi) is 27.8. The molecule has 0 saturated heterocycles. The van der Waals surface area contributed by atoms with E-state index >= 15 is 0 Å². The molecular weight excluding hydrogens is 1050 g/mol. The quantitative estimate of drug-likeness (QED) is 0.0172. The van der Waals surface area contributed by atoms with Crippen molar-refractivity contribution in [1.82, 2.24) is 52.5 Å². The molecule has 24 heteroatoms. The average Bonchev–Trinajstić information content (AvgIpc) is 4.23. The Morgan fingerprint density at radius 1 is 0.463 bits per heavy atom. The van der Waals surface area contributed by atoms with E-state index in [1.807, 2.05) is 90.1 Å². The smallest absolute Gasteiger partial charge is 0.243 e. The number of aromatic amines is 2. The summed E-state index contributed by atoms with van der Waals surface area (Å²) >= 11 is 0. The van der Waals surface area contributed by atoms with Crippen molar-refractivity contribution in [1.29, 1.82) is 5.41 Å². The highest BCUT2D eigenvalue weighted by Crippen LogP contribution is 2.22. The maximum Gasteiger partial charge on any atom is 0.243 e. The van der Waals surface area contributed by atoms with Gasteiger partial charge in [0.05, 0.1) is 6.04 Å². The van der Waals surface area contributed by atoms with E-state index in [1.54, 1.807) is 12.4 Å². The number of hydrogen-bond acceptors (Lipinski definition) is 12. The number of H-pyrrole nitrogens is 2. The highest BCUT2D eigenvalue weighted by atomic mass is 16.2. The van der Waals surface area contributed by atoms with Crippen LogP contribution in [0.1, 0.15) is 123 Å². The number of guanidine groups is 1.